The maximum atomic E-state index is 11.7. The van der Waals surface area contributed by atoms with Gasteiger partial charge in [-0.25, -0.2) is 9.48 Å². The lowest BCUT2D eigenvalue weighted by Crippen LogP contribution is -2.42. The van der Waals surface area contributed by atoms with Crippen molar-refractivity contribution >= 4 is 40.2 Å². The van der Waals surface area contributed by atoms with Crippen molar-refractivity contribution in [3.63, 3.8) is 0 Å². The van der Waals surface area contributed by atoms with E-state index in [-0.39, 0.29) is 0 Å². The Hall–Kier alpha value is -1.22. The van der Waals surface area contributed by atoms with E-state index in [2.05, 4.69) is 38.1 Å². The maximum absolute atomic E-state index is 11.7. The number of hydrogen-bond acceptors (Lipinski definition) is 4. The minimum absolute atomic E-state index is 0.384. The third kappa shape index (κ3) is 2.76. The number of carbonyl (C=O) groups is 1. The first-order valence-corrected chi connectivity index (χ1v) is 7.89. The number of benzene rings is 1. The Labute approximate surface area is 140 Å². The molecule has 1 N–H and O–H groups in total. The van der Waals surface area contributed by atoms with Crippen LogP contribution in [0.1, 0.15) is 26.7 Å². The molecule has 8 heteroatoms. The predicted molar refractivity (Wildman–Crippen MR) is 87.2 cm³/mol. The van der Waals surface area contributed by atoms with E-state index in [0.717, 1.165) is 3.57 Å². The fourth-order valence-corrected chi connectivity index (χ4v) is 2.75. The van der Waals surface area contributed by atoms with Crippen LogP contribution in [0.4, 0.5) is 0 Å². The van der Waals surface area contributed by atoms with E-state index >= 15 is 0 Å². The summed E-state index contributed by atoms with van der Waals surface area (Å²) in [5.41, 5.74) is -0.466. The van der Waals surface area contributed by atoms with E-state index in [1.54, 1.807) is 6.07 Å². The van der Waals surface area contributed by atoms with E-state index in [1.807, 2.05) is 26.0 Å². The number of halogens is 2. The molecular weight excluding hydrogens is 407 g/mol. The highest BCUT2D eigenvalue weighted by Gasteiger charge is 2.40. The molecule has 2 aromatic rings. The summed E-state index contributed by atoms with van der Waals surface area (Å²) >= 11 is 8.25. The number of aromatic nitrogens is 4. The van der Waals surface area contributed by atoms with Gasteiger partial charge in [0.25, 0.3) is 0 Å². The van der Waals surface area contributed by atoms with Crippen LogP contribution >= 0.6 is 34.2 Å². The molecule has 0 atom stereocenters. The molecule has 0 aliphatic carbocycles. The van der Waals surface area contributed by atoms with Crippen LogP contribution in [0.2, 0.25) is 5.02 Å². The lowest BCUT2D eigenvalue weighted by molar-refractivity contribution is -0.148. The van der Waals surface area contributed by atoms with E-state index in [9.17, 15) is 9.90 Å². The molecule has 0 saturated heterocycles. The molecule has 0 spiro atoms. The number of hydrogen-bond donors (Lipinski definition) is 1. The van der Waals surface area contributed by atoms with Gasteiger partial charge in [0.15, 0.2) is 11.4 Å². The van der Waals surface area contributed by atoms with Gasteiger partial charge in [-0.2, -0.15) is 0 Å². The van der Waals surface area contributed by atoms with Crippen LogP contribution < -0.4 is 0 Å². The quantitative estimate of drug-likeness (QED) is 0.751. The van der Waals surface area contributed by atoms with Crippen molar-refractivity contribution in [1.29, 1.82) is 0 Å². The molecule has 21 heavy (non-hydrogen) atoms. The fraction of sp³-hybridized carbons (Fsp3) is 0.385. The first-order valence-electron chi connectivity index (χ1n) is 6.44. The van der Waals surface area contributed by atoms with Crippen LogP contribution in [0.3, 0.4) is 0 Å². The number of aliphatic carboxylic acids is 1. The minimum Gasteiger partial charge on any atom is -0.479 e. The molecular formula is C13H14ClIN4O2. The molecule has 0 amide bonds. The number of rotatable bonds is 5. The molecule has 1 aromatic carbocycles. The summed E-state index contributed by atoms with van der Waals surface area (Å²) in [6, 6.07) is 5.41. The monoisotopic (exact) mass is 420 g/mol. The summed E-state index contributed by atoms with van der Waals surface area (Å²) in [5.74, 6) is -0.544. The SMILES string of the molecule is CCC(CC)(C(=O)O)n1nnnc1-c1ccc(I)c(Cl)c1. The molecule has 0 fully saturated rings. The lowest BCUT2D eigenvalue weighted by Gasteiger charge is -2.27. The highest BCUT2D eigenvalue weighted by Crippen LogP contribution is 2.31. The van der Waals surface area contributed by atoms with E-state index in [1.165, 1.54) is 4.68 Å². The van der Waals surface area contributed by atoms with E-state index in [4.69, 9.17) is 11.6 Å². The zero-order valence-electron chi connectivity index (χ0n) is 11.5. The third-order valence-electron chi connectivity index (χ3n) is 3.62. The lowest BCUT2D eigenvalue weighted by atomic mass is 9.92. The Morgan fingerprint density at radius 2 is 2.10 bits per heavy atom. The summed E-state index contributed by atoms with van der Waals surface area (Å²) in [6.07, 6.45) is 0.768. The first-order chi connectivity index (χ1) is 9.96. The summed E-state index contributed by atoms with van der Waals surface area (Å²) in [7, 11) is 0. The van der Waals surface area contributed by atoms with Crippen LogP contribution in [0, 0.1) is 3.57 Å². The van der Waals surface area contributed by atoms with Crippen LogP contribution in [0.15, 0.2) is 18.2 Å². The van der Waals surface area contributed by atoms with Gasteiger partial charge in [0, 0.05) is 9.13 Å². The topological polar surface area (TPSA) is 80.9 Å². The van der Waals surface area contributed by atoms with Gasteiger partial charge < -0.3 is 5.11 Å². The number of carboxylic acids is 1. The Balaban J connectivity index is 2.61. The molecule has 1 aromatic heterocycles. The molecule has 2 rings (SSSR count). The summed E-state index contributed by atoms with van der Waals surface area (Å²) in [5, 5.41) is 21.7. The van der Waals surface area contributed by atoms with Crippen LogP contribution in [0.25, 0.3) is 11.4 Å². The highest BCUT2D eigenvalue weighted by atomic mass is 127. The van der Waals surface area contributed by atoms with Gasteiger partial charge in [0.1, 0.15) is 0 Å². The van der Waals surface area contributed by atoms with Gasteiger partial charge in [-0.15, -0.1) is 5.10 Å². The average Bonchev–Trinajstić information content (AvgIpc) is 2.93. The van der Waals surface area contributed by atoms with Gasteiger partial charge >= 0.3 is 5.97 Å². The Bertz CT molecular complexity index is 670. The molecule has 112 valence electrons. The molecule has 0 aliphatic heterocycles. The maximum Gasteiger partial charge on any atom is 0.331 e. The second-order valence-electron chi connectivity index (χ2n) is 4.59. The summed E-state index contributed by atoms with van der Waals surface area (Å²) < 4.78 is 2.29. The van der Waals surface area contributed by atoms with Crippen molar-refractivity contribution < 1.29 is 9.90 Å². The van der Waals surface area contributed by atoms with Crippen molar-refractivity contribution in [3.05, 3.63) is 26.8 Å². The summed E-state index contributed by atoms with van der Waals surface area (Å²) in [4.78, 5) is 11.7. The van der Waals surface area contributed by atoms with Crippen LogP contribution in [0.5, 0.6) is 0 Å². The second-order valence-corrected chi connectivity index (χ2v) is 6.16. The van der Waals surface area contributed by atoms with E-state index < -0.39 is 11.5 Å². The Morgan fingerprint density at radius 3 is 2.62 bits per heavy atom. The van der Waals surface area contributed by atoms with E-state index in [0.29, 0.717) is 29.3 Å². The van der Waals surface area contributed by atoms with Crippen LogP contribution in [-0.4, -0.2) is 31.3 Å². The highest BCUT2D eigenvalue weighted by molar-refractivity contribution is 14.1. The predicted octanol–water partition coefficient (Wildman–Crippen LogP) is 3.20. The Kier molecular flexibility index (Phi) is 4.82. The van der Waals surface area contributed by atoms with Gasteiger partial charge in [-0.1, -0.05) is 25.4 Å². The van der Waals surface area contributed by atoms with Gasteiger partial charge in [0.05, 0.1) is 5.02 Å². The van der Waals surface area contributed by atoms with Crippen molar-refractivity contribution in [2.24, 2.45) is 0 Å². The molecule has 1 heterocycles. The largest absolute Gasteiger partial charge is 0.479 e. The smallest absolute Gasteiger partial charge is 0.331 e. The molecule has 0 radical (unpaired) electrons. The molecule has 0 unspecified atom stereocenters. The van der Waals surface area contributed by atoms with Crippen LogP contribution in [-0.2, 0) is 10.3 Å². The molecule has 6 nitrogen and oxygen atoms in total. The number of tetrazole rings is 1. The van der Waals surface area contributed by atoms with Gasteiger partial charge in [-0.05, 0) is 64.1 Å². The number of nitrogens with zero attached hydrogens (tertiary/aromatic N) is 4. The summed E-state index contributed by atoms with van der Waals surface area (Å²) in [6.45, 7) is 3.62. The standard InChI is InChI=1S/C13H14ClIN4O2/c1-3-13(4-2,12(20)21)19-11(16-17-18-19)8-5-6-10(15)9(14)7-8/h5-7H,3-4H2,1-2H3,(H,20,21). The van der Waals surface area contributed by atoms with Crippen molar-refractivity contribution in [3.8, 4) is 11.4 Å². The normalized spacial score (nSPS) is 11.6. The Morgan fingerprint density at radius 1 is 1.43 bits per heavy atom. The fourth-order valence-electron chi connectivity index (χ4n) is 2.23. The van der Waals surface area contributed by atoms with Crippen molar-refractivity contribution in [2.45, 2.75) is 32.2 Å². The van der Waals surface area contributed by atoms with Gasteiger partial charge in [-0.3, -0.25) is 0 Å². The zero-order chi connectivity index (χ0) is 15.6. The average molecular weight is 421 g/mol. The molecule has 0 bridgehead atoms. The molecule has 0 saturated carbocycles. The third-order valence-corrected chi connectivity index (χ3v) is 5.19. The van der Waals surface area contributed by atoms with Crippen molar-refractivity contribution in [2.75, 3.05) is 0 Å². The first kappa shape index (κ1) is 16.2. The van der Waals surface area contributed by atoms with Crippen molar-refractivity contribution in [1.82, 2.24) is 20.2 Å². The number of carboxylic acid groups (broad SMARTS) is 1. The minimum atomic E-state index is -1.16. The van der Waals surface area contributed by atoms with Gasteiger partial charge in [0.2, 0.25) is 0 Å². The molecule has 0 aliphatic rings. The second kappa shape index (κ2) is 6.27. The zero-order valence-corrected chi connectivity index (χ0v) is 14.5.